The Hall–Kier alpha value is -2.80. The first kappa shape index (κ1) is 19.0. The third kappa shape index (κ3) is 3.30. The van der Waals surface area contributed by atoms with Gasteiger partial charge in [0.05, 0.1) is 0 Å². The molecule has 1 fully saturated rings. The highest BCUT2D eigenvalue weighted by Crippen LogP contribution is 2.43. The normalized spacial score (nSPS) is 22.1. The number of aliphatic carboxylic acids is 1. The Labute approximate surface area is 160 Å². The summed E-state index contributed by atoms with van der Waals surface area (Å²) in [7, 11) is 1.18. The minimum absolute atomic E-state index is 0.177. The summed E-state index contributed by atoms with van der Waals surface area (Å²) in [6.07, 6.45) is 0. The summed E-state index contributed by atoms with van der Waals surface area (Å²) < 4.78 is 0. The number of Topliss-reactive ketones (excluding diaryl/α,β-unsaturated/α-hetero) is 1. The molecule has 2 amide bonds. The summed E-state index contributed by atoms with van der Waals surface area (Å²) >= 11 is 2.45. The highest BCUT2D eigenvalue weighted by atomic mass is 32.2. The fraction of sp³-hybridized carbons (Fsp3) is 0.357. The minimum atomic E-state index is -1.27. The molecule has 11 nitrogen and oxygen atoms in total. The molecule has 2 N–H and O–H groups in total. The van der Waals surface area contributed by atoms with E-state index in [2.05, 4.69) is 25.5 Å². The number of ketones is 1. The van der Waals surface area contributed by atoms with Crippen LogP contribution in [0.25, 0.3) is 5.57 Å². The van der Waals surface area contributed by atoms with Gasteiger partial charge in [-0.05, 0) is 0 Å². The van der Waals surface area contributed by atoms with Gasteiger partial charge in [0.1, 0.15) is 34.7 Å². The van der Waals surface area contributed by atoms with Crippen LogP contribution in [0.4, 0.5) is 0 Å². The Bertz CT molecular complexity index is 881. The number of β-lactam (4-membered cyclic amide) rings is 1. The van der Waals surface area contributed by atoms with Crippen LogP contribution in [0.2, 0.25) is 0 Å². The van der Waals surface area contributed by atoms with E-state index in [1.165, 1.54) is 35.7 Å². The van der Waals surface area contributed by atoms with Crippen LogP contribution in [0.3, 0.4) is 0 Å². The van der Waals surface area contributed by atoms with E-state index >= 15 is 0 Å². The number of thioether (sulfide) groups is 1. The van der Waals surface area contributed by atoms with Crippen molar-refractivity contribution in [1.82, 2.24) is 20.4 Å². The average molecular weight is 411 g/mol. The summed E-state index contributed by atoms with van der Waals surface area (Å²) in [4.78, 5) is 53.5. The van der Waals surface area contributed by atoms with E-state index in [0.29, 0.717) is 10.6 Å². The lowest BCUT2D eigenvalue weighted by atomic mass is 10.0. The van der Waals surface area contributed by atoms with E-state index in [1.807, 2.05) is 0 Å². The molecule has 2 aliphatic rings. The van der Waals surface area contributed by atoms with Crippen molar-refractivity contribution >= 4 is 58.0 Å². The van der Waals surface area contributed by atoms with Gasteiger partial charge in [-0.3, -0.25) is 19.3 Å². The van der Waals surface area contributed by atoms with Gasteiger partial charge in [0.15, 0.2) is 5.78 Å². The third-order valence-electron chi connectivity index (χ3n) is 3.81. The van der Waals surface area contributed by atoms with Crippen molar-refractivity contribution in [2.24, 2.45) is 5.16 Å². The van der Waals surface area contributed by atoms with Crippen LogP contribution in [-0.2, 0) is 24.0 Å². The Balaban J connectivity index is 1.84. The summed E-state index contributed by atoms with van der Waals surface area (Å²) in [5.41, 5.74) is 1.21. The highest BCUT2D eigenvalue weighted by Gasteiger charge is 2.54. The number of nitrogens with one attached hydrogen (secondary N) is 1. The van der Waals surface area contributed by atoms with Crippen LogP contribution < -0.4 is 5.32 Å². The Kier molecular flexibility index (Phi) is 5.23. The van der Waals surface area contributed by atoms with Crippen molar-refractivity contribution in [2.45, 2.75) is 18.3 Å². The first-order chi connectivity index (χ1) is 12.9. The van der Waals surface area contributed by atoms with Crippen molar-refractivity contribution in [1.29, 1.82) is 0 Å². The fourth-order valence-corrected chi connectivity index (χ4v) is 4.69. The number of carbonyl (C=O) groups is 4. The van der Waals surface area contributed by atoms with Gasteiger partial charge < -0.3 is 15.3 Å². The molecule has 3 rings (SSSR count). The average Bonchev–Trinajstić information content (AvgIpc) is 3.16. The highest BCUT2D eigenvalue weighted by molar-refractivity contribution is 8.00. The maximum absolute atomic E-state index is 12.5. The molecule has 13 heteroatoms. The maximum atomic E-state index is 12.5. The number of rotatable bonds is 6. The van der Waals surface area contributed by atoms with Crippen LogP contribution in [0.1, 0.15) is 11.9 Å². The SMILES string of the molecule is CON=C(C(C)=O)C(=O)NC1C(=O)N2C(C(=O)O)=C(c3nncs3)CS[C@H]12. The van der Waals surface area contributed by atoms with Crippen LogP contribution in [0, 0.1) is 0 Å². The zero-order valence-electron chi connectivity index (χ0n) is 14.0. The van der Waals surface area contributed by atoms with Crippen LogP contribution >= 0.6 is 23.1 Å². The molecule has 0 aliphatic carbocycles. The Morgan fingerprint density at radius 1 is 1.44 bits per heavy atom. The molecule has 142 valence electrons. The van der Waals surface area contributed by atoms with Gasteiger partial charge in [-0.2, -0.15) is 0 Å². The van der Waals surface area contributed by atoms with E-state index in [9.17, 15) is 24.3 Å². The molecule has 0 aromatic carbocycles. The summed E-state index contributed by atoms with van der Waals surface area (Å²) in [6.45, 7) is 1.14. The number of nitrogens with zero attached hydrogens (tertiary/aromatic N) is 4. The first-order valence-corrected chi connectivity index (χ1v) is 9.40. The van der Waals surface area contributed by atoms with Gasteiger partial charge in [-0.1, -0.05) is 5.16 Å². The second-order valence-electron chi connectivity index (χ2n) is 5.42. The summed E-state index contributed by atoms with van der Waals surface area (Å²) in [5, 5.41) is 22.7. The lowest BCUT2D eigenvalue weighted by Crippen LogP contribution is -2.71. The molecule has 2 aliphatic heterocycles. The van der Waals surface area contributed by atoms with Crippen molar-refractivity contribution in [3.8, 4) is 0 Å². The topological polar surface area (TPSA) is 151 Å². The largest absolute Gasteiger partial charge is 0.477 e. The quantitative estimate of drug-likeness (QED) is 0.269. The second-order valence-corrected chi connectivity index (χ2v) is 7.35. The molecule has 0 bridgehead atoms. The van der Waals surface area contributed by atoms with Gasteiger partial charge >= 0.3 is 5.97 Å². The van der Waals surface area contributed by atoms with E-state index in [4.69, 9.17) is 0 Å². The first-order valence-electron chi connectivity index (χ1n) is 7.47. The van der Waals surface area contributed by atoms with Gasteiger partial charge in [0.2, 0.25) is 5.71 Å². The summed E-state index contributed by atoms with van der Waals surface area (Å²) in [5.74, 6) is -3.07. The van der Waals surface area contributed by atoms with E-state index in [1.54, 1.807) is 0 Å². The number of amides is 2. The number of carbonyl (C=O) groups excluding carboxylic acids is 3. The lowest BCUT2D eigenvalue weighted by molar-refractivity contribution is -0.149. The number of hydrogen-bond acceptors (Lipinski definition) is 10. The Morgan fingerprint density at radius 2 is 2.19 bits per heavy atom. The zero-order chi connectivity index (χ0) is 19.7. The molecule has 1 aromatic rings. The van der Waals surface area contributed by atoms with Crippen LogP contribution in [0.15, 0.2) is 16.4 Å². The van der Waals surface area contributed by atoms with E-state index in [-0.39, 0.29) is 11.4 Å². The van der Waals surface area contributed by atoms with E-state index < -0.39 is 40.7 Å². The zero-order valence-corrected chi connectivity index (χ0v) is 15.7. The molecule has 1 aromatic heterocycles. The fourth-order valence-electron chi connectivity index (χ4n) is 2.65. The maximum Gasteiger partial charge on any atom is 0.353 e. The molecular formula is C14H13N5O6S2. The predicted octanol–water partition coefficient (Wildman–Crippen LogP) is -0.675. The minimum Gasteiger partial charge on any atom is -0.477 e. The molecular weight excluding hydrogens is 398 g/mol. The number of oxime groups is 1. The smallest absolute Gasteiger partial charge is 0.353 e. The van der Waals surface area contributed by atoms with Crippen molar-refractivity contribution in [2.75, 3.05) is 12.9 Å². The molecule has 27 heavy (non-hydrogen) atoms. The van der Waals surface area contributed by atoms with Gasteiger partial charge in [-0.25, -0.2) is 4.79 Å². The molecule has 3 heterocycles. The molecule has 2 atom stereocenters. The summed E-state index contributed by atoms with van der Waals surface area (Å²) in [6, 6.07) is -0.978. The van der Waals surface area contributed by atoms with Gasteiger partial charge in [-0.15, -0.1) is 33.3 Å². The monoisotopic (exact) mass is 411 g/mol. The molecule has 1 unspecified atom stereocenters. The van der Waals surface area contributed by atoms with Crippen LogP contribution in [-0.4, -0.2) is 73.8 Å². The molecule has 0 saturated carbocycles. The predicted molar refractivity (Wildman–Crippen MR) is 94.6 cm³/mol. The standard InChI is InChI=1S/C14H13N5O6S2/c1-5(20)7(18-25-2)10(21)16-8-12(22)19-9(14(23)24)6(3-26-13(8)19)11-17-15-4-27-11/h4,8,13H,3H2,1-2H3,(H,16,21)(H,23,24)/t8?,13-/m1/s1. The number of carboxylic acids is 1. The molecule has 0 radical (unpaired) electrons. The van der Waals surface area contributed by atoms with Crippen molar-refractivity contribution < 1.29 is 29.1 Å². The number of hydrogen-bond donors (Lipinski definition) is 2. The van der Waals surface area contributed by atoms with Crippen molar-refractivity contribution in [3.05, 3.63) is 16.2 Å². The number of carboxylic acid groups (broad SMARTS) is 1. The third-order valence-corrected chi connectivity index (χ3v) is 5.84. The molecule has 0 spiro atoms. The molecule has 1 saturated heterocycles. The van der Waals surface area contributed by atoms with Crippen LogP contribution in [0.5, 0.6) is 0 Å². The second kappa shape index (κ2) is 7.44. The number of aromatic nitrogens is 2. The van der Waals surface area contributed by atoms with Gasteiger partial charge in [0, 0.05) is 18.2 Å². The Morgan fingerprint density at radius 3 is 2.74 bits per heavy atom. The number of fused-ring (bicyclic) bond motifs is 1. The van der Waals surface area contributed by atoms with Crippen molar-refractivity contribution in [3.63, 3.8) is 0 Å². The van der Waals surface area contributed by atoms with Gasteiger partial charge in [0.25, 0.3) is 11.8 Å². The van der Waals surface area contributed by atoms with E-state index in [0.717, 1.165) is 11.8 Å². The lowest BCUT2D eigenvalue weighted by Gasteiger charge is -2.49.